The molecule has 0 radical (unpaired) electrons. The summed E-state index contributed by atoms with van der Waals surface area (Å²) in [6.07, 6.45) is 2.61. The summed E-state index contributed by atoms with van der Waals surface area (Å²) in [6, 6.07) is 4.68. The minimum atomic E-state index is 0.399. The smallest absolute Gasteiger partial charge is 0.0764 e. The molecule has 0 saturated heterocycles. The monoisotopic (exact) mass is 248 g/mol. The van der Waals surface area contributed by atoms with Crippen molar-refractivity contribution in [3.8, 4) is 6.07 Å². The first-order valence-corrected chi connectivity index (χ1v) is 6.66. The molecule has 18 heavy (non-hydrogen) atoms. The minimum Gasteiger partial charge on any atom is -0.296 e. The molecule has 0 saturated carbocycles. The van der Waals surface area contributed by atoms with Gasteiger partial charge in [0.15, 0.2) is 0 Å². The summed E-state index contributed by atoms with van der Waals surface area (Å²) >= 11 is 0. The quantitative estimate of drug-likeness (QED) is 0.745. The van der Waals surface area contributed by atoms with Crippen molar-refractivity contribution in [3.05, 3.63) is 18.0 Å². The molecule has 0 bridgehead atoms. The SMILES string of the molecule is CC(C)CN(CCC#N)Cc1ccn(C(C)C)n1. The van der Waals surface area contributed by atoms with Crippen molar-refractivity contribution >= 4 is 0 Å². The Morgan fingerprint density at radius 1 is 1.39 bits per heavy atom. The topological polar surface area (TPSA) is 44.9 Å². The molecule has 0 aliphatic heterocycles. The van der Waals surface area contributed by atoms with Crippen LogP contribution in [0.4, 0.5) is 0 Å². The van der Waals surface area contributed by atoms with E-state index < -0.39 is 0 Å². The van der Waals surface area contributed by atoms with Crippen LogP contribution in [-0.2, 0) is 6.54 Å². The second kappa shape index (κ2) is 7.17. The number of rotatable bonds is 7. The lowest BCUT2D eigenvalue weighted by molar-refractivity contribution is 0.237. The Bertz CT molecular complexity index is 387. The third-order valence-electron chi connectivity index (χ3n) is 2.74. The van der Waals surface area contributed by atoms with Crippen molar-refractivity contribution in [2.75, 3.05) is 13.1 Å². The Kier molecular flexibility index (Phi) is 5.87. The van der Waals surface area contributed by atoms with E-state index in [1.807, 2.05) is 10.9 Å². The molecule has 0 N–H and O–H groups in total. The standard InChI is InChI=1S/C14H24N4/c1-12(2)10-17(8-5-7-15)11-14-6-9-18(16-14)13(3)4/h6,9,12-13H,5,8,10-11H2,1-4H3. The zero-order valence-corrected chi connectivity index (χ0v) is 11.9. The number of nitrogens with zero attached hydrogens (tertiary/aromatic N) is 4. The number of nitriles is 1. The van der Waals surface area contributed by atoms with E-state index in [2.05, 4.69) is 49.8 Å². The molecule has 1 rings (SSSR count). The molecule has 0 aliphatic rings. The van der Waals surface area contributed by atoms with Gasteiger partial charge in [-0.25, -0.2) is 0 Å². The number of aromatic nitrogens is 2. The predicted octanol–water partition coefficient (Wildman–Crippen LogP) is 2.84. The highest BCUT2D eigenvalue weighted by atomic mass is 15.3. The van der Waals surface area contributed by atoms with Crippen LogP contribution in [0.25, 0.3) is 0 Å². The number of hydrogen-bond acceptors (Lipinski definition) is 3. The predicted molar refractivity (Wildman–Crippen MR) is 73.0 cm³/mol. The van der Waals surface area contributed by atoms with Crippen molar-refractivity contribution in [2.45, 2.75) is 46.7 Å². The van der Waals surface area contributed by atoms with Gasteiger partial charge >= 0.3 is 0 Å². The molecule has 4 nitrogen and oxygen atoms in total. The molecular formula is C14H24N4. The molecule has 0 spiro atoms. The van der Waals surface area contributed by atoms with Crippen molar-refractivity contribution in [1.82, 2.24) is 14.7 Å². The van der Waals surface area contributed by atoms with Crippen LogP contribution in [0, 0.1) is 17.2 Å². The molecule has 0 aromatic carbocycles. The van der Waals surface area contributed by atoms with Gasteiger partial charge in [0.2, 0.25) is 0 Å². The largest absolute Gasteiger partial charge is 0.296 e. The average Bonchev–Trinajstić information content (AvgIpc) is 2.73. The first-order chi connectivity index (χ1) is 8.52. The first kappa shape index (κ1) is 14.7. The lowest BCUT2D eigenvalue weighted by atomic mass is 10.2. The molecule has 4 heteroatoms. The maximum atomic E-state index is 8.70. The van der Waals surface area contributed by atoms with E-state index in [0.717, 1.165) is 25.3 Å². The fourth-order valence-electron chi connectivity index (χ4n) is 1.94. The van der Waals surface area contributed by atoms with Crippen molar-refractivity contribution in [1.29, 1.82) is 5.26 Å². The van der Waals surface area contributed by atoms with Gasteiger partial charge in [0.25, 0.3) is 0 Å². The van der Waals surface area contributed by atoms with Crippen molar-refractivity contribution in [2.24, 2.45) is 5.92 Å². The lowest BCUT2D eigenvalue weighted by Gasteiger charge is -2.22. The van der Waals surface area contributed by atoms with E-state index in [9.17, 15) is 0 Å². The third kappa shape index (κ3) is 4.89. The third-order valence-corrected chi connectivity index (χ3v) is 2.74. The normalized spacial score (nSPS) is 11.4. The Morgan fingerprint density at radius 2 is 2.11 bits per heavy atom. The van der Waals surface area contributed by atoms with Gasteiger partial charge in [-0.3, -0.25) is 9.58 Å². The van der Waals surface area contributed by atoms with E-state index in [-0.39, 0.29) is 0 Å². The van der Waals surface area contributed by atoms with Gasteiger partial charge in [-0.2, -0.15) is 10.4 Å². The van der Waals surface area contributed by atoms with Gasteiger partial charge in [-0.05, 0) is 25.8 Å². The van der Waals surface area contributed by atoms with Crippen LogP contribution in [0.2, 0.25) is 0 Å². The van der Waals surface area contributed by atoms with Gasteiger partial charge in [-0.15, -0.1) is 0 Å². The molecule has 0 atom stereocenters. The molecule has 1 aromatic rings. The number of hydrogen-bond donors (Lipinski definition) is 0. The van der Waals surface area contributed by atoms with E-state index in [4.69, 9.17) is 5.26 Å². The molecule has 0 aliphatic carbocycles. The highest BCUT2D eigenvalue weighted by Gasteiger charge is 2.10. The van der Waals surface area contributed by atoms with E-state index >= 15 is 0 Å². The molecule has 1 aromatic heterocycles. The molecule has 100 valence electrons. The van der Waals surface area contributed by atoms with Crippen LogP contribution in [0.3, 0.4) is 0 Å². The second-order valence-corrected chi connectivity index (χ2v) is 5.42. The van der Waals surface area contributed by atoms with Crippen LogP contribution in [0.1, 0.15) is 45.9 Å². The Morgan fingerprint density at radius 3 is 2.61 bits per heavy atom. The lowest BCUT2D eigenvalue weighted by Crippen LogP contribution is -2.28. The summed E-state index contributed by atoms with van der Waals surface area (Å²) in [5.41, 5.74) is 1.09. The first-order valence-electron chi connectivity index (χ1n) is 6.66. The van der Waals surface area contributed by atoms with Crippen LogP contribution in [0.15, 0.2) is 12.3 Å². The summed E-state index contributed by atoms with van der Waals surface area (Å²) in [5, 5.41) is 13.3. The van der Waals surface area contributed by atoms with E-state index in [0.29, 0.717) is 18.4 Å². The van der Waals surface area contributed by atoms with E-state index in [1.165, 1.54) is 0 Å². The zero-order chi connectivity index (χ0) is 13.5. The van der Waals surface area contributed by atoms with Crippen LogP contribution >= 0.6 is 0 Å². The maximum absolute atomic E-state index is 8.70. The summed E-state index contributed by atoms with van der Waals surface area (Å²) in [4.78, 5) is 2.31. The fraction of sp³-hybridized carbons (Fsp3) is 0.714. The summed E-state index contributed by atoms with van der Waals surface area (Å²) in [5.74, 6) is 0.607. The Hall–Kier alpha value is -1.34. The van der Waals surface area contributed by atoms with Gasteiger partial charge in [0, 0.05) is 38.3 Å². The zero-order valence-electron chi connectivity index (χ0n) is 11.9. The van der Waals surface area contributed by atoms with Crippen LogP contribution < -0.4 is 0 Å². The summed E-state index contributed by atoms with van der Waals surface area (Å²) in [7, 11) is 0. The Labute approximate surface area is 110 Å². The Balaban J connectivity index is 2.60. The summed E-state index contributed by atoms with van der Waals surface area (Å²) < 4.78 is 1.98. The minimum absolute atomic E-state index is 0.399. The van der Waals surface area contributed by atoms with Crippen molar-refractivity contribution in [3.63, 3.8) is 0 Å². The molecule has 0 fully saturated rings. The molecular weight excluding hydrogens is 224 g/mol. The van der Waals surface area contributed by atoms with Gasteiger partial charge in [0.05, 0.1) is 11.8 Å². The van der Waals surface area contributed by atoms with Gasteiger partial charge < -0.3 is 0 Å². The van der Waals surface area contributed by atoms with Gasteiger partial charge in [-0.1, -0.05) is 13.8 Å². The van der Waals surface area contributed by atoms with Crippen LogP contribution in [0.5, 0.6) is 0 Å². The maximum Gasteiger partial charge on any atom is 0.0764 e. The average molecular weight is 248 g/mol. The summed E-state index contributed by atoms with van der Waals surface area (Å²) in [6.45, 7) is 11.3. The van der Waals surface area contributed by atoms with E-state index in [1.54, 1.807) is 0 Å². The second-order valence-electron chi connectivity index (χ2n) is 5.42. The van der Waals surface area contributed by atoms with Crippen LogP contribution in [-0.4, -0.2) is 27.8 Å². The highest BCUT2D eigenvalue weighted by molar-refractivity contribution is 4.99. The fourth-order valence-corrected chi connectivity index (χ4v) is 1.94. The van der Waals surface area contributed by atoms with Gasteiger partial charge in [0.1, 0.15) is 0 Å². The molecule has 1 heterocycles. The molecule has 0 amide bonds. The van der Waals surface area contributed by atoms with Crippen molar-refractivity contribution < 1.29 is 0 Å². The molecule has 0 unspecified atom stereocenters. The highest BCUT2D eigenvalue weighted by Crippen LogP contribution is 2.09.